The van der Waals surface area contributed by atoms with Crippen molar-refractivity contribution in [2.24, 2.45) is 28.6 Å². The molecule has 7 nitrogen and oxygen atoms in total. The summed E-state index contributed by atoms with van der Waals surface area (Å²) in [6.07, 6.45) is 3.77. The topological polar surface area (TPSA) is 124 Å². The fourth-order valence-electron chi connectivity index (χ4n) is 7.65. The molecular formula is C22H29FNaO7P. The van der Waals surface area contributed by atoms with Crippen molar-refractivity contribution in [3.63, 3.8) is 0 Å². The van der Waals surface area contributed by atoms with Crippen LogP contribution in [0, 0.1) is 28.6 Å². The smallest absolute Gasteiger partial charge is 0.781 e. The Morgan fingerprint density at radius 2 is 2.03 bits per heavy atom. The molecule has 0 aliphatic heterocycles. The molecule has 0 radical (unpaired) electrons. The molecule has 0 aromatic rings. The molecule has 0 spiro atoms. The third kappa shape index (κ3) is 3.14. The second-order valence-electron chi connectivity index (χ2n) is 10.1. The van der Waals surface area contributed by atoms with E-state index in [9.17, 15) is 29.3 Å². The van der Waals surface area contributed by atoms with Crippen LogP contribution in [0.5, 0.6) is 0 Å². The normalized spacial score (nSPS) is 48.1. The van der Waals surface area contributed by atoms with E-state index in [-0.39, 0.29) is 41.8 Å². The van der Waals surface area contributed by atoms with E-state index in [1.165, 1.54) is 12.2 Å². The molecule has 1 unspecified atom stereocenters. The zero-order valence-electron chi connectivity index (χ0n) is 18.9. The van der Waals surface area contributed by atoms with E-state index in [0.717, 1.165) is 0 Å². The number of hydrogen-bond acceptors (Lipinski definition) is 7. The summed E-state index contributed by atoms with van der Waals surface area (Å²) in [5, 5.41) is 20.9. The number of fused-ring (bicyclic) bond motifs is 5. The molecule has 172 valence electrons. The summed E-state index contributed by atoms with van der Waals surface area (Å²) in [6, 6.07) is 0. The molecular weight excluding hydrogens is 449 g/mol. The maximum atomic E-state index is 17.0. The molecule has 10 heteroatoms. The Morgan fingerprint density at radius 1 is 1.38 bits per heavy atom. The summed E-state index contributed by atoms with van der Waals surface area (Å²) in [7, 11) is -3.81. The summed E-state index contributed by atoms with van der Waals surface area (Å²) < 4.78 is 34.0. The largest absolute Gasteiger partial charge is 1.00 e. The van der Waals surface area contributed by atoms with Gasteiger partial charge in [-0.1, -0.05) is 25.5 Å². The van der Waals surface area contributed by atoms with Gasteiger partial charge in [-0.15, -0.1) is 0 Å². The number of allylic oxidation sites excluding steroid dienone is 4. The number of rotatable bonds is 4. The van der Waals surface area contributed by atoms with Gasteiger partial charge in [-0.25, -0.2) is 4.39 Å². The zero-order chi connectivity index (χ0) is 23.0. The van der Waals surface area contributed by atoms with Gasteiger partial charge in [0.1, 0.15) is 20.5 Å². The minimum absolute atomic E-state index is 0. The molecule has 4 rings (SSSR count). The van der Waals surface area contributed by atoms with Crippen molar-refractivity contribution in [1.29, 1.82) is 0 Å². The number of hydrogen-bond donors (Lipinski definition) is 2. The molecule has 0 bridgehead atoms. The molecule has 0 aromatic heterocycles. The van der Waals surface area contributed by atoms with Gasteiger partial charge in [0.15, 0.2) is 17.2 Å². The Labute approximate surface area is 209 Å². The number of carbonyl (C=O) groups excluding carboxylic acids is 2. The SMILES string of the molecule is C[C@@H]1C[C@H]2[C@@H]3CCC4=CC(=O)C=C[C@]4(C)[C@@]3(F)[C@@H](O)C[C@]2(C)[C@@]1(O[PH](=O)[O-])C(=O)CO.[Na+]. The van der Waals surface area contributed by atoms with E-state index in [1.54, 1.807) is 26.8 Å². The van der Waals surface area contributed by atoms with Gasteiger partial charge in [-0.2, -0.15) is 0 Å². The van der Waals surface area contributed by atoms with Crippen LogP contribution in [-0.2, 0) is 18.7 Å². The minimum Gasteiger partial charge on any atom is -0.781 e. The van der Waals surface area contributed by atoms with Crippen LogP contribution >= 0.6 is 8.25 Å². The molecule has 32 heavy (non-hydrogen) atoms. The molecule has 3 fully saturated rings. The maximum Gasteiger partial charge on any atom is 1.00 e. The Balaban J connectivity index is 0.00000289. The first-order chi connectivity index (χ1) is 14.4. The maximum absolute atomic E-state index is 17.0. The second kappa shape index (κ2) is 8.49. The molecule has 0 saturated heterocycles. The van der Waals surface area contributed by atoms with Crippen molar-refractivity contribution in [2.45, 2.75) is 63.8 Å². The van der Waals surface area contributed by atoms with Crippen LogP contribution in [0.4, 0.5) is 4.39 Å². The van der Waals surface area contributed by atoms with Crippen LogP contribution in [0.1, 0.15) is 46.5 Å². The standard InChI is InChI=1S/C22H30FO7P.Na/c1-12-8-16-15-5-4-13-9-14(25)6-7-19(13,2)21(15,23)17(26)10-20(16,3)22(12,18(27)11-24)30-31(28)29;/h6-7,9,12,15-17,24,26,31H,4-5,8,10-11H2,1-3H3,(H,28,29);/q;+1/p-1/t12-,15+,16+,17+,19+,20+,21+,22+;/m1./s1. The number of alkyl halides is 1. The Bertz CT molecular complexity index is 924. The number of ketones is 2. The Morgan fingerprint density at radius 3 is 2.62 bits per heavy atom. The number of halogens is 1. The number of carbonyl (C=O) groups is 2. The van der Waals surface area contributed by atoms with Gasteiger partial charge >= 0.3 is 29.6 Å². The van der Waals surface area contributed by atoms with Crippen LogP contribution in [-0.4, -0.2) is 45.8 Å². The van der Waals surface area contributed by atoms with Gasteiger partial charge in [-0.3, -0.25) is 9.59 Å². The predicted octanol–water partition coefficient (Wildman–Crippen LogP) is -1.33. The van der Waals surface area contributed by atoms with Crippen LogP contribution in [0.25, 0.3) is 0 Å². The van der Waals surface area contributed by atoms with Gasteiger partial charge in [0, 0.05) is 16.7 Å². The van der Waals surface area contributed by atoms with Crippen LogP contribution < -0.4 is 34.5 Å². The summed E-state index contributed by atoms with van der Waals surface area (Å²) in [5.41, 5.74) is -5.64. The molecule has 0 aromatic carbocycles. The van der Waals surface area contributed by atoms with E-state index in [0.29, 0.717) is 24.8 Å². The molecule has 4 aliphatic carbocycles. The van der Waals surface area contributed by atoms with Crippen molar-refractivity contribution in [1.82, 2.24) is 0 Å². The van der Waals surface area contributed by atoms with Gasteiger partial charge in [0.25, 0.3) is 0 Å². The molecule has 3 saturated carbocycles. The summed E-state index contributed by atoms with van der Waals surface area (Å²) >= 11 is 0. The summed E-state index contributed by atoms with van der Waals surface area (Å²) in [5.74, 6) is -2.68. The van der Waals surface area contributed by atoms with Gasteiger partial charge in [-0.05, 0) is 56.6 Å². The van der Waals surface area contributed by atoms with Gasteiger partial charge in [0.05, 0.1) is 6.10 Å². The average molecular weight is 478 g/mol. The van der Waals surface area contributed by atoms with Crippen molar-refractivity contribution in [3.8, 4) is 0 Å². The van der Waals surface area contributed by atoms with E-state index in [4.69, 9.17) is 4.52 Å². The van der Waals surface area contributed by atoms with Crippen LogP contribution in [0.3, 0.4) is 0 Å². The number of Topliss-reactive ketones (excluding diaryl/α,β-unsaturated/α-hetero) is 1. The van der Waals surface area contributed by atoms with E-state index < -0.39 is 66.6 Å². The van der Waals surface area contributed by atoms with Crippen molar-refractivity contribution >= 4 is 19.8 Å². The first-order valence-electron chi connectivity index (χ1n) is 10.7. The van der Waals surface area contributed by atoms with Crippen molar-refractivity contribution in [2.75, 3.05) is 6.61 Å². The summed E-state index contributed by atoms with van der Waals surface area (Å²) in [4.78, 5) is 36.5. The minimum atomic E-state index is -3.81. The van der Waals surface area contributed by atoms with Gasteiger partial charge in [0.2, 0.25) is 0 Å². The average Bonchev–Trinajstić information content (AvgIpc) is 2.90. The number of aliphatic hydroxyl groups excluding tert-OH is 2. The fourth-order valence-corrected chi connectivity index (χ4v) is 8.46. The third-order valence-corrected chi connectivity index (χ3v) is 9.47. The summed E-state index contributed by atoms with van der Waals surface area (Å²) in [6.45, 7) is 4.15. The Hall–Kier alpha value is -0.180. The molecule has 2 N–H and O–H groups in total. The van der Waals surface area contributed by atoms with Crippen LogP contribution in [0.15, 0.2) is 23.8 Å². The van der Waals surface area contributed by atoms with E-state index >= 15 is 4.39 Å². The first-order valence-corrected chi connectivity index (χ1v) is 12.0. The second-order valence-corrected chi connectivity index (χ2v) is 10.8. The first kappa shape index (κ1) is 26.4. The fraction of sp³-hybridized carbons (Fsp3) is 0.727. The van der Waals surface area contributed by atoms with Crippen LogP contribution in [0.2, 0.25) is 0 Å². The molecule has 0 heterocycles. The Kier molecular flexibility index (Phi) is 7.01. The van der Waals surface area contributed by atoms with Crippen molar-refractivity contribution in [3.05, 3.63) is 23.8 Å². The number of aliphatic hydroxyl groups is 2. The van der Waals surface area contributed by atoms with Gasteiger partial charge < -0.3 is 24.2 Å². The van der Waals surface area contributed by atoms with Crippen molar-refractivity contribution < 1.29 is 67.7 Å². The van der Waals surface area contributed by atoms with E-state index in [1.807, 2.05) is 0 Å². The quantitative estimate of drug-likeness (QED) is 0.379. The molecule has 4 aliphatic rings. The molecule has 0 amide bonds. The zero-order valence-corrected chi connectivity index (χ0v) is 21.9. The van der Waals surface area contributed by atoms with E-state index in [2.05, 4.69) is 0 Å². The molecule has 9 atom stereocenters. The third-order valence-electron chi connectivity index (χ3n) is 8.98. The monoisotopic (exact) mass is 478 g/mol. The predicted molar refractivity (Wildman–Crippen MR) is 108 cm³/mol.